The second-order valence-electron chi connectivity index (χ2n) is 6.49. The Morgan fingerprint density at radius 1 is 1.32 bits per heavy atom. The average molecular weight is 342 g/mol. The maximum absolute atomic E-state index is 12.5. The molecule has 2 aromatic heterocycles. The van der Waals surface area contributed by atoms with Crippen molar-refractivity contribution in [2.75, 3.05) is 0 Å². The number of carbonyl (C=O) groups is 1. The molecule has 0 aliphatic heterocycles. The van der Waals surface area contributed by atoms with Crippen LogP contribution in [0.1, 0.15) is 49.5 Å². The quantitative estimate of drug-likeness (QED) is 0.790. The number of aromatic hydroxyl groups is 1. The summed E-state index contributed by atoms with van der Waals surface area (Å²) in [6.07, 6.45) is 7.30. The summed E-state index contributed by atoms with van der Waals surface area (Å²) in [5, 5.41) is 12.9. The van der Waals surface area contributed by atoms with E-state index in [1.54, 1.807) is 24.4 Å². The summed E-state index contributed by atoms with van der Waals surface area (Å²) in [6, 6.07) is 5.12. The highest BCUT2D eigenvalue weighted by atomic mass is 16.3. The predicted octanol–water partition coefficient (Wildman–Crippen LogP) is 2.24. The Bertz CT molecular complexity index is 798. The molecule has 0 bridgehead atoms. The fraction of sp³-hybridized carbons (Fsp3) is 0.444. The first kappa shape index (κ1) is 17.1. The van der Waals surface area contributed by atoms with Gasteiger partial charge in [0.2, 0.25) is 5.75 Å². The fourth-order valence-corrected chi connectivity index (χ4v) is 3.28. The number of H-pyrrole nitrogens is 1. The molecule has 7 heteroatoms. The first-order valence-electron chi connectivity index (χ1n) is 8.62. The maximum Gasteiger partial charge on any atom is 0.294 e. The molecule has 0 saturated heterocycles. The number of hydrogen-bond donors (Lipinski definition) is 3. The van der Waals surface area contributed by atoms with Crippen LogP contribution in [0.4, 0.5) is 0 Å². The standard InChI is InChI=1S/C18H22N4O3/c1-11(12-7-3-2-4-8-12)20-17(24)14-15(23)18(25)22-16(21-14)13-9-5-6-10-19-13/h5-6,9-12,23H,2-4,7-8H2,1H3,(H,20,24)(H,21,22,25). The van der Waals surface area contributed by atoms with Crippen molar-refractivity contribution in [1.29, 1.82) is 0 Å². The van der Waals surface area contributed by atoms with Crippen LogP contribution >= 0.6 is 0 Å². The van der Waals surface area contributed by atoms with E-state index in [0.717, 1.165) is 12.8 Å². The van der Waals surface area contributed by atoms with Gasteiger partial charge in [-0.1, -0.05) is 25.3 Å². The number of pyridine rings is 1. The number of carbonyl (C=O) groups excluding carboxylic acids is 1. The molecule has 1 aliphatic rings. The van der Waals surface area contributed by atoms with Crippen LogP contribution in [0.15, 0.2) is 29.2 Å². The molecular formula is C18H22N4O3. The van der Waals surface area contributed by atoms with Gasteiger partial charge < -0.3 is 15.4 Å². The molecule has 0 spiro atoms. The number of hydrogen-bond acceptors (Lipinski definition) is 5. The lowest BCUT2D eigenvalue weighted by Gasteiger charge is -2.28. The number of aromatic amines is 1. The van der Waals surface area contributed by atoms with Gasteiger partial charge in [-0.3, -0.25) is 14.6 Å². The Morgan fingerprint density at radius 3 is 2.76 bits per heavy atom. The van der Waals surface area contributed by atoms with Crippen LogP contribution in [-0.4, -0.2) is 32.0 Å². The SMILES string of the molecule is CC(NC(=O)c1nc(-c2ccccn2)[nH]c(=O)c1O)C1CCCCC1. The van der Waals surface area contributed by atoms with Crippen LogP contribution in [0.3, 0.4) is 0 Å². The van der Waals surface area contributed by atoms with Gasteiger partial charge in [-0.25, -0.2) is 4.98 Å². The van der Waals surface area contributed by atoms with Crippen molar-refractivity contribution in [3.05, 3.63) is 40.4 Å². The molecule has 1 atom stereocenters. The first-order valence-corrected chi connectivity index (χ1v) is 8.62. The highest BCUT2D eigenvalue weighted by molar-refractivity contribution is 5.95. The van der Waals surface area contributed by atoms with E-state index in [1.165, 1.54) is 19.3 Å². The summed E-state index contributed by atoms with van der Waals surface area (Å²) in [5.74, 6) is -0.650. The highest BCUT2D eigenvalue weighted by Crippen LogP contribution is 2.26. The van der Waals surface area contributed by atoms with Gasteiger partial charge in [0.05, 0.1) is 0 Å². The van der Waals surface area contributed by atoms with Crippen LogP contribution < -0.4 is 10.9 Å². The normalized spacial score (nSPS) is 16.4. The van der Waals surface area contributed by atoms with E-state index < -0.39 is 17.2 Å². The zero-order valence-corrected chi connectivity index (χ0v) is 14.2. The van der Waals surface area contributed by atoms with E-state index in [1.807, 2.05) is 6.92 Å². The van der Waals surface area contributed by atoms with E-state index in [0.29, 0.717) is 11.6 Å². The number of nitrogens with one attached hydrogen (secondary N) is 2. The smallest absolute Gasteiger partial charge is 0.294 e. The minimum Gasteiger partial charge on any atom is -0.501 e. The van der Waals surface area contributed by atoms with Gasteiger partial charge in [0.25, 0.3) is 11.5 Å². The summed E-state index contributed by atoms with van der Waals surface area (Å²) in [4.78, 5) is 35.2. The summed E-state index contributed by atoms with van der Waals surface area (Å²) >= 11 is 0. The highest BCUT2D eigenvalue weighted by Gasteiger charge is 2.25. The van der Waals surface area contributed by atoms with Crippen LogP contribution in [0, 0.1) is 5.92 Å². The molecule has 1 amide bonds. The zero-order chi connectivity index (χ0) is 17.8. The third-order valence-corrected chi connectivity index (χ3v) is 4.73. The number of rotatable bonds is 4. The van der Waals surface area contributed by atoms with Gasteiger partial charge in [0, 0.05) is 12.2 Å². The Balaban J connectivity index is 1.84. The average Bonchev–Trinajstić information content (AvgIpc) is 2.65. The van der Waals surface area contributed by atoms with Gasteiger partial charge in [-0.2, -0.15) is 0 Å². The number of aromatic nitrogens is 3. The van der Waals surface area contributed by atoms with Crippen molar-refractivity contribution in [3.63, 3.8) is 0 Å². The van der Waals surface area contributed by atoms with Gasteiger partial charge in [0.15, 0.2) is 11.5 Å². The van der Waals surface area contributed by atoms with Gasteiger partial charge in [0.1, 0.15) is 5.69 Å². The molecule has 1 fully saturated rings. The lowest BCUT2D eigenvalue weighted by Crippen LogP contribution is -2.39. The van der Waals surface area contributed by atoms with Gasteiger partial charge >= 0.3 is 0 Å². The van der Waals surface area contributed by atoms with Crippen molar-refractivity contribution in [3.8, 4) is 17.3 Å². The second-order valence-corrected chi connectivity index (χ2v) is 6.49. The molecule has 0 aromatic carbocycles. The molecule has 1 aliphatic carbocycles. The van der Waals surface area contributed by atoms with Crippen molar-refractivity contribution in [2.24, 2.45) is 5.92 Å². The minimum absolute atomic E-state index is 0.0356. The van der Waals surface area contributed by atoms with Crippen molar-refractivity contribution >= 4 is 5.91 Å². The Labute approximate surface area is 145 Å². The molecular weight excluding hydrogens is 320 g/mol. The van der Waals surface area contributed by atoms with Crippen molar-refractivity contribution in [2.45, 2.75) is 45.1 Å². The molecule has 0 radical (unpaired) electrons. The van der Waals surface area contributed by atoms with Crippen LogP contribution in [0.25, 0.3) is 11.5 Å². The molecule has 132 valence electrons. The number of nitrogens with zero attached hydrogens (tertiary/aromatic N) is 2. The largest absolute Gasteiger partial charge is 0.501 e. The molecule has 25 heavy (non-hydrogen) atoms. The zero-order valence-electron chi connectivity index (χ0n) is 14.2. The maximum atomic E-state index is 12.5. The lowest BCUT2D eigenvalue weighted by molar-refractivity contribution is 0.0911. The van der Waals surface area contributed by atoms with Gasteiger partial charge in [-0.05, 0) is 37.8 Å². The number of amides is 1. The third-order valence-electron chi connectivity index (χ3n) is 4.73. The van der Waals surface area contributed by atoms with Gasteiger partial charge in [-0.15, -0.1) is 0 Å². The minimum atomic E-state index is -0.758. The van der Waals surface area contributed by atoms with Crippen LogP contribution in [-0.2, 0) is 0 Å². The molecule has 3 N–H and O–H groups in total. The van der Waals surface area contributed by atoms with Crippen molar-refractivity contribution < 1.29 is 9.90 Å². The fourth-order valence-electron chi connectivity index (χ4n) is 3.28. The molecule has 1 saturated carbocycles. The molecule has 7 nitrogen and oxygen atoms in total. The molecule has 2 aromatic rings. The predicted molar refractivity (Wildman–Crippen MR) is 93.3 cm³/mol. The monoisotopic (exact) mass is 342 g/mol. The van der Waals surface area contributed by atoms with Crippen LogP contribution in [0.5, 0.6) is 5.75 Å². The van der Waals surface area contributed by atoms with E-state index in [2.05, 4.69) is 20.3 Å². The second kappa shape index (κ2) is 7.46. The molecule has 2 heterocycles. The van der Waals surface area contributed by atoms with E-state index in [9.17, 15) is 14.7 Å². The summed E-state index contributed by atoms with van der Waals surface area (Å²) in [6.45, 7) is 1.96. The molecule has 1 unspecified atom stereocenters. The van der Waals surface area contributed by atoms with E-state index >= 15 is 0 Å². The third kappa shape index (κ3) is 3.87. The summed E-state index contributed by atoms with van der Waals surface area (Å²) < 4.78 is 0. The molecule has 3 rings (SSSR count). The Kier molecular flexibility index (Phi) is 5.11. The Morgan fingerprint density at radius 2 is 2.08 bits per heavy atom. The van der Waals surface area contributed by atoms with E-state index in [-0.39, 0.29) is 17.6 Å². The lowest BCUT2D eigenvalue weighted by atomic mass is 9.84. The van der Waals surface area contributed by atoms with Crippen molar-refractivity contribution in [1.82, 2.24) is 20.3 Å². The summed E-state index contributed by atoms with van der Waals surface area (Å²) in [5.41, 5.74) is -0.604. The van der Waals surface area contributed by atoms with Crippen LogP contribution in [0.2, 0.25) is 0 Å². The van der Waals surface area contributed by atoms with E-state index in [4.69, 9.17) is 0 Å². The first-order chi connectivity index (χ1) is 12.1. The Hall–Kier alpha value is -2.70. The topological polar surface area (TPSA) is 108 Å². The summed E-state index contributed by atoms with van der Waals surface area (Å²) in [7, 11) is 0.